The van der Waals surface area contributed by atoms with Gasteiger partial charge < -0.3 is 24.8 Å². The highest BCUT2D eigenvalue weighted by atomic mass is 16.6. The number of methoxy groups -OCH3 is 1. The van der Waals surface area contributed by atoms with Crippen molar-refractivity contribution in [1.82, 2.24) is 10.6 Å². The van der Waals surface area contributed by atoms with Gasteiger partial charge in [-0.1, -0.05) is 30.3 Å². The summed E-state index contributed by atoms with van der Waals surface area (Å²) < 4.78 is 16.4. The van der Waals surface area contributed by atoms with Gasteiger partial charge in [0.25, 0.3) is 0 Å². The second-order valence-electron chi connectivity index (χ2n) is 7.63. The van der Waals surface area contributed by atoms with Crippen LogP contribution < -0.4 is 20.1 Å². The van der Waals surface area contributed by atoms with Crippen LogP contribution in [-0.2, 0) is 16.1 Å². The number of nitrogens with one attached hydrogen (secondary N) is 2. The number of esters is 1. The van der Waals surface area contributed by atoms with Crippen molar-refractivity contribution in [2.45, 2.75) is 39.5 Å². The van der Waals surface area contributed by atoms with Gasteiger partial charge in [-0.15, -0.1) is 0 Å². The van der Waals surface area contributed by atoms with Crippen molar-refractivity contribution in [3.63, 3.8) is 0 Å². The van der Waals surface area contributed by atoms with Crippen molar-refractivity contribution in [2.24, 2.45) is 0 Å². The van der Waals surface area contributed by atoms with Gasteiger partial charge in [0.15, 0.2) is 5.75 Å². The molecule has 0 spiro atoms. The summed E-state index contributed by atoms with van der Waals surface area (Å²) in [5.41, 5.74) is 1.16. The van der Waals surface area contributed by atoms with Crippen LogP contribution in [-0.4, -0.2) is 30.1 Å². The zero-order valence-electron chi connectivity index (χ0n) is 18.7. The minimum absolute atomic E-state index is 0.0534. The first-order valence-electron chi connectivity index (χ1n) is 10.2. The standard InChI is InChI=1S/C23H25N3O7/c1-13(2)33-22(27)19-14(3)24-23(28)25-20(19)16-10-17(26(29)30)21(18(11-16)31-4)32-12-15-8-6-5-7-9-15/h5-11,13,20H,12H2,1-4H3,(H2,24,25,28). The van der Waals surface area contributed by atoms with Gasteiger partial charge in [0, 0.05) is 11.8 Å². The Morgan fingerprint density at radius 1 is 1.21 bits per heavy atom. The van der Waals surface area contributed by atoms with Gasteiger partial charge in [0.05, 0.1) is 29.8 Å². The number of nitro benzene ring substituents is 1. The number of rotatable bonds is 8. The molecule has 10 nitrogen and oxygen atoms in total. The molecule has 2 aromatic rings. The van der Waals surface area contributed by atoms with Crippen molar-refractivity contribution >= 4 is 17.7 Å². The molecule has 174 valence electrons. The molecule has 0 bridgehead atoms. The monoisotopic (exact) mass is 455 g/mol. The summed E-state index contributed by atoms with van der Waals surface area (Å²) in [6.07, 6.45) is -0.395. The normalized spacial score (nSPS) is 15.5. The topological polar surface area (TPSA) is 129 Å². The van der Waals surface area contributed by atoms with E-state index in [2.05, 4.69) is 10.6 Å². The number of carbonyl (C=O) groups is 2. The van der Waals surface area contributed by atoms with Gasteiger partial charge >= 0.3 is 17.7 Å². The third kappa shape index (κ3) is 5.40. The number of nitrogens with zero attached hydrogens (tertiary/aromatic N) is 1. The summed E-state index contributed by atoms with van der Waals surface area (Å²) in [4.78, 5) is 36.2. The highest BCUT2D eigenvalue weighted by Crippen LogP contribution is 2.42. The van der Waals surface area contributed by atoms with Gasteiger partial charge in [0.1, 0.15) is 6.61 Å². The van der Waals surface area contributed by atoms with Crippen molar-refractivity contribution in [2.75, 3.05) is 7.11 Å². The summed E-state index contributed by atoms with van der Waals surface area (Å²) in [5.74, 6) is -0.606. The van der Waals surface area contributed by atoms with E-state index in [1.54, 1.807) is 20.8 Å². The van der Waals surface area contributed by atoms with Crippen molar-refractivity contribution in [1.29, 1.82) is 0 Å². The Morgan fingerprint density at radius 2 is 1.91 bits per heavy atom. The Labute approximate surface area is 190 Å². The second kappa shape index (κ2) is 10.0. The van der Waals surface area contributed by atoms with Crippen molar-refractivity contribution < 1.29 is 28.7 Å². The molecule has 33 heavy (non-hydrogen) atoms. The number of hydrogen-bond donors (Lipinski definition) is 2. The van der Waals surface area contributed by atoms with Gasteiger partial charge in [-0.05, 0) is 38.0 Å². The number of ether oxygens (including phenoxy) is 3. The molecule has 2 aromatic carbocycles. The molecule has 2 amide bonds. The van der Waals surface area contributed by atoms with E-state index in [1.807, 2.05) is 30.3 Å². The fourth-order valence-electron chi connectivity index (χ4n) is 3.43. The number of nitro groups is 1. The Hall–Kier alpha value is -4.08. The van der Waals surface area contributed by atoms with E-state index in [1.165, 1.54) is 19.2 Å². The van der Waals surface area contributed by atoms with Gasteiger partial charge in [-0.3, -0.25) is 10.1 Å². The first-order chi connectivity index (χ1) is 15.7. The molecule has 1 aliphatic heterocycles. The quantitative estimate of drug-likeness (QED) is 0.352. The maximum Gasteiger partial charge on any atom is 0.338 e. The Kier molecular flexibility index (Phi) is 7.17. The highest BCUT2D eigenvalue weighted by Gasteiger charge is 2.35. The zero-order valence-corrected chi connectivity index (χ0v) is 18.7. The molecule has 0 aliphatic carbocycles. The molecule has 0 fully saturated rings. The van der Waals surface area contributed by atoms with Crippen LogP contribution in [0.3, 0.4) is 0 Å². The van der Waals surface area contributed by atoms with Crippen LogP contribution in [0, 0.1) is 10.1 Å². The van der Waals surface area contributed by atoms with E-state index in [4.69, 9.17) is 14.2 Å². The molecule has 0 radical (unpaired) electrons. The maximum atomic E-state index is 12.7. The molecule has 1 aliphatic rings. The fourth-order valence-corrected chi connectivity index (χ4v) is 3.43. The predicted octanol–water partition coefficient (Wildman–Crippen LogP) is 3.76. The lowest BCUT2D eigenvalue weighted by molar-refractivity contribution is -0.386. The molecule has 0 saturated heterocycles. The highest BCUT2D eigenvalue weighted by molar-refractivity contribution is 5.95. The summed E-state index contributed by atoms with van der Waals surface area (Å²) >= 11 is 0. The number of allylic oxidation sites excluding steroid dienone is 1. The maximum absolute atomic E-state index is 12.7. The number of carbonyl (C=O) groups excluding carboxylic acids is 2. The van der Waals surface area contributed by atoms with Crippen molar-refractivity contribution in [3.05, 3.63) is 75.0 Å². The molecular formula is C23H25N3O7. The number of amides is 2. The van der Waals surface area contributed by atoms with E-state index in [9.17, 15) is 19.7 Å². The Balaban J connectivity index is 2.05. The number of urea groups is 1. The molecule has 0 saturated carbocycles. The van der Waals surface area contributed by atoms with E-state index in [0.717, 1.165) is 5.56 Å². The predicted molar refractivity (Wildman–Crippen MR) is 119 cm³/mol. The Bertz CT molecular complexity index is 1100. The molecule has 3 rings (SSSR count). The van der Waals surface area contributed by atoms with E-state index in [-0.39, 0.29) is 34.9 Å². The average Bonchev–Trinajstić information content (AvgIpc) is 2.76. The third-order valence-electron chi connectivity index (χ3n) is 4.87. The minimum Gasteiger partial charge on any atom is -0.493 e. The molecule has 1 atom stereocenters. The van der Waals surface area contributed by atoms with Crippen molar-refractivity contribution in [3.8, 4) is 11.5 Å². The van der Waals surface area contributed by atoms with E-state index >= 15 is 0 Å². The third-order valence-corrected chi connectivity index (χ3v) is 4.87. The van der Waals surface area contributed by atoms with E-state index < -0.39 is 29.1 Å². The SMILES string of the molecule is COc1cc(C2NC(=O)NC(C)=C2C(=O)OC(C)C)cc([N+](=O)[O-])c1OCc1ccccc1. The van der Waals surface area contributed by atoms with Crippen LogP contribution in [0.5, 0.6) is 11.5 Å². The number of benzene rings is 2. The smallest absolute Gasteiger partial charge is 0.338 e. The molecule has 2 N–H and O–H groups in total. The molecule has 1 unspecified atom stereocenters. The summed E-state index contributed by atoms with van der Waals surface area (Å²) in [6, 6.07) is 10.4. The Morgan fingerprint density at radius 3 is 2.52 bits per heavy atom. The fraction of sp³-hybridized carbons (Fsp3) is 0.304. The van der Waals surface area contributed by atoms with Crippen LogP contribution in [0.25, 0.3) is 0 Å². The molecular weight excluding hydrogens is 430 g/mol. The zero-order chi connectivity index (χ0) is 24.1. The van der Waals surface area contributed by atoms with Crippen LogP contribution in [0.4, 0.5) is 10.5 Å². The van der Waals surface area contributed by atoms with Crippen LogP contribution in [0.1, 0.15) is 37.9 Å². The summed E-state index contributed by atoms with van der Waals surface area (Å²) in [5, 5.41) is 17.1. The summed E-state index contributed by atoms with van der Waals surface area (Å²) in [7, 11) is 1.36. The van der Waals surface area contributed by atoms with Gasteiger partial charge in [-0.2, -0.15) is 0 Å². The molecule has 10 heteroatoms. The molecule has 0 aromatic heterocycles. The lowest BCUT2D eigenvalue weighted by Crippen LogP contribution is -2.45. The lowest BCUT2D eigenvalue weighted by atomic mass is 9.94. The first kappa shape index (κ1) is 23.6. The van der Waals surface area contributed by atoms with Gasteiger partial charge in [0.2, 0.25) is 5.75 Å². The summed E-state index contributed by atoms with van der Waals surface area (Å²) in [6.45, 7) is 5.05. The second-order valence-corrected chi connectivity index (χ2v) is 7.63. The lowest BCUT2D eigenvalue weighted by Gasteiger charge is -2.29. The van der Waals surface area contributed by atoms with Crippen LogP contribution in [0.15, 0.2) is 53.7 Å². The van der Waals surface area contributed by atoms with Crippen LogP contribution in [0.2, 0.25) is 0 Å². The molecule has 1 heterocycles. The van der Waals surface area contributed by atoms with Gasteiger partial charge in [-0.25, -0.2) is 9.59 Å². The average molecular weight is 455 g/mol. The van der Waals surface area contributed by atoms with Crippen LogP contribution >= 0.6 is 0 Å². The largest absolute Gasteiger partial charge is 0.493 e. The first-order valence-corrected chi connectivity index (χ1v) is 10.2. The van der Waals surface area contributed by atoms with E-state index in [0.29, 0.717) is 5.70 Å². The minimum atomic E-state index is -0.985. The number of hydrogen-bond acceptors (Lipinski definition) is 7.